The Bertz CT molecular complexity index is 901. The number of nitrogens with zero attached hydrogens (tertiary/aromatic N) is 1. The van der Waals surface area contributed by atoms with Crippen LogP contribution in [0.1, 0.15) is 21.6 Å². The van der Waals surface area contributed by atoms with Gasteiger partial charge in [-0.3, -0.25) is 0 Å². The lowest BCUT2D eigenvalue weighted by Crippen LogP contribution is -2.11. The van der Waals surface area contributed by atoms with E-state index in [1.54, 1.807) is 6.07 Å². The second-order valence-electron chi connectivity index (χ2n) is 5.66. The van der Waals surface area contributed by atoms with E-state index in [9.17, 15) is 4.79 Å². The smallest absolute Gasteiger partial charge is 0.360 e. The van der Waals surface area contributed by atoms with Gasteiger partial charge in [0.15, 0.2) is 17.2 Å². The number of benzene rings is 2. The van der Waals surface area contributed by atoms with Gasteiger partial charge in [0.05, 0.1) is 7.11 Å². The molecule has 0 bridgehead atoms. The van der Waals surface area contributed by atoms with Crippen LogP contribution in [0.25, 0.3) is 0 Å². The van der Waals surface area contributed by atoms with E-state index in [0.717, 1.165) is 11.1 Å². The number of rotatable bonds is 7. The van der Waals surface area contributed by atoms with Gasteiger partial charge in [0.25, 0.3) is 0 Å². The minimum atomic E-state index is -0.594. The molecule has 0 radical (unpaired) electrons. The predicted octanol–water partition coefficient (Wildman–Crippen LogP) is 4.79. The van der Waals surface area contributed by atoms with Gasteiger partial charge in [-0.1, -0.05) is 60.7 Å². The van der Waals surface area contributed by atoms with Crippen LogP contribution in [0.3, 0.4) is 0 Å². The van der Waals surface area contributed by atoms with E-state index in [2.05, 4.69) is 20.9 Å². The molecule has 3 rings (SSSR count). The van der Waals surface area contributed by atoms with Crippen molar-refractivity contribution in [2.75, 3.05) is 7.11 Å². The van der Waals surface area contributed by atoms with Gasteiger partial charge in [0, 0.05) is 6.07 Å². The van der Waals surface area contributed by atoms with Gasteiger partial charge in [-0.25, -0.2) is 9.78 Å². The number of hydrogen-bond donors (Lipinski definition) is 0. The van der Waals surface area contributed by atoms with E-state index in [1.165, 1.54) is 7.11 Å². The van der Waals surface area contributed by atoms with E-state index in [0.29, 0.717) is 17.0 Å². The Labute approximate surface area is 166 Å². The Hall–Kier alpha value is -2.86. The van der Waals surface area contributed by atoms with Crippen molar-refractivity contribution in [1.82, 2.24) is 4.98 Å². The lowest BCUT2D eigenvalue weighted by molar-refractivity contribution is 0.0586. The highest BCUT2D eigenvalue weighted by atomic mass is 79.9. The van der Waals surface area contributed by atoms with Gasteiger partial charge in [-0.15, -0.1) is 0 Å². The van der Waals surface area contributed by atoms with Gasteiger partial charge < -0.3 is 14.2 Å². The van der Waals surface area contributed by atoms with Crippen molar-refractivity contribution in [3.8, 4) is 11.5 Å². The maximum absolute atomic E-state index is 12.2. The van der Waals surface area contributed by atoms with Crippen LogP contribution in [0.15, 0.2) is 71.3 Å². The molecule has 138 valence electrons. The Kier molecular flexibility index (Phi) is 6.44. The van der Waals surface area contributed by atoms with Crippen LogP contribution < -0.4 is 9.47 Å². The molecular formula is C21H18BrNO4. The number of methoxy groups -OCH3 is 1. The fourth-order valence-corrected chi connectivity index (χ4v) is 2.81. The monoisotopic (exact) mass is 427 g/mol. The number of aromatic nitrogens is 1. The summed E-state index contributed by atoms with van der Waals surface area (Å²) in [5.74, 6) is 0.0748. The first-order valence-electron chi connectivity index (χ1n) is 8.29. The summed E-state index contributed by atoms with van der Waals surface area (Å²) in [5, 5.41) is 0. The van der Waals surface area contributed by atoms with Crippen LogP contribution in [0, 0.1) is 0 Å². The minimum absolute atomic E-state index is 0.0610. The fraction of sp³-hybridized carbons (Fsp3) is 0.143. The zero-order valence-electron chi connectivity index (χ0n) is 14.7. The Morgan fingerprint density at radius 2 is 1.48 bits per heavy atom. The first-order chi connectivity index (χ1) is 13.2. The molecule has 0 aliphatic heterocycles. The van der Waals surface area contributed by atoms with Gasteiger partial charge in [-0.2, -0.15) is 0 Å². The molecule has 0 unspecified atom stereocenters. The molecular weight excluding hydrogens is 410 g/mol. The molecule has 0 saturated heterocycles. The van der Waals surface area contributed by atoms with E-state index < -0.39 is 5.97 Å². The van der Waals surface area contributed by atoms with E-state index >= 15 is 0 Å². The van der Waals surface area contributed by atoms with Gasteiger partial charge in [0.1, 0.15) is 17.8 Å². The van der Waals surface area contributed by atoms with Gasteiger partial charge in [-0.05, 0) is 27.1 Å². The molecule has 6 heteroatoms. The summed E-state index contributed by atoms with van der Waals surface area (Å²) in [6.07, 6.45) is 0. The quantitative estimate of drug-likeness (QED) is 0.400. The van der Waals surface area contributed by atoms with E-state index in [-0.39, 0.29) is 18.1 Å². The van der Waals surface area contributed by atoms with Crippen LogP contribution in [-0.2, 0) is 18.0 Å². The molecule has 0 amide bonds. The van der Waals surface area contributed by atoms with Crippen molar-refractivity contribution < 1.29 is 19.0 Å². The van der Waals surface area contributed by atoms with Crippen LogP contribution in [-0.4, -0.2) is 18.1 Å². The number of hydrogen-bond acceptors (Lipinski definition) is 5. The van der Waals surface area contributed by atoms with Crippen molar-refractivity contribution in [1.29, 1.82) is 0 Å². The molecule has 0 aliphatic carbocycles. The molecule has 0 aliphatic rings. The topological polar surface area (TPSA) is 57.7 Å². The maximum atomic E-state index is 12.2. The maximum Gasteiger partial charge on any atom is 0.360 e. The molecule has 2 aromatic carbocycles. The molecule has 0 fully saturated rings. The molecule has 0 N–H and O–H groups in total. The number of carbonyl (C=O) groups excluding carboxylic acids is 1. The van der Waals surface area contributed by atoms with Crippen LogP contribution >= 0.6 is 15.9 Å². The van der Waals surface area contributed by atoms with Gasteiger partial charge in [0.2, 0.25) is 0 Å². The third kappa shape index (κ3) is 5.08. The Morgan fingerprint density at radius 3 is 2.04 bits per heavy atom. The van der Waals surface area contributed by atoms with Crippen LogP contribution in [0.5, 0.6) is 11.5 Å². The molecule has 5 nitrogen and oxygen atoms in total. The van der Waals surface area contributed by atoms with Crippen molar-refractivity contribution in [3.63, 3.8) is 0 Å². The lowest BCUT2D eigenvalue weighted by Gasteiger charge is -2.16. The molecule has 1 aromatic heterocycles. The second kappa shape index (κ2) is 9.19. The van der Waals surface area contributed by atoms with E-state index in [4.69, 9.17) is 14.2 Å². The molecule has 1 heterocycles. The largest absolute Gasteiger partial charge is 0.485 e. The highest BCUT2D eigenvalue weighted by Crippen LogP contribution is 2.34. The van der Waals surface area contributed by atoms with Crippen LogP contribution in [0.4, 0.5) is 0 Å². The number of halogens is 1. The number of esters is 1. The van der Waals surface area contributed by atoms with Crippen molar-refractivity contribution in [3.05, 3.63) is 88.2 Å². The Morgan fingerprint density at radius 1 is 0.926 bits per heavy atom. The SMILES string of the molecule is COC(=O)c1nc(Br)cc(OCc2ccccc2)c1OCc1ccccc1. The van der Waals surface area contributed by atoms with Crippen molar-refractivity contribution >= 4 is 21.9 Å². The highest BCUT2D eigenvalue weighted by Gasteiger charge is 2.22. The first kappa shape index (κ1) is 18.9. The predicted molar refractivity (Wildman–Crippen MR) is 105 cm³/mol. The highest BCUT2D eigenvalue weighted by molar-refractivity contribution is 9.10. The third-order valence-electron chi connectivity index (χ3n) is 3.75. The standard InChI is InChI=1S/C21H18BrNO4/c1-25-21(24)19-20(27-14-16-10-6-3-7-11-16)17(12-18(22)23-19)26-13-15-8-4-2-5-9-15/h2-12H,13-14H2,1H3. The summed E-state index contributed by atoms with van der Waals surface area (Å²) in [7, 11) is 1.30. The molecule has 27 heavy (non-hydrogen) atoms. The minimum Gasteiger partial charge on any atom is -0.485 e. The summed E-state index contributed by atoms with van der Waals surface area (Å²) in [4.78, 5) is 16.4. The zero-order valence-corrected chi connectivity index (χ0v) is 16.3. The van der Waals surface area contributed by atoms with Crippen molar-refractivity contribution in [2.24, 2.45) is 0 Å². The van der Waals surface area contributed by atoms with Crippen LogP contribution in [0.2, 0.25) is 0 Å². The Balaban J connectivity index is 1.89. The summed E-state index contributed by atoms with van der Waals surface area (Å²) in [5.41, 5.74) is 2.02. The number of carbonyl (C=O) groups is 1. The third-order valence-corrected chi connectivity index (χ3v) is 4.16. The summed E-state index contributed by atoms with van der Waals surface area (Å²) < 4.78 is 17.1. The van der Waals surface area contributed by atoms with Crippen molar-refractivity contribution in [2.45, 2.75) is 13.2 Å². The van der Waals surface area contributed by atoms with E-state index in [1.807, 2.05) is 60.7 Å². The zero-order chi connectivity index (χ0) is 19.1. The molecule has 0 atom stereocenters. The molecule has 0 saturated carbocycles. The number of ether oxygens (including phenoxy) is 3. The number of pyridine rings is 1. The summed E-state index contributed by atoms with van der Waals surface area (Å²) >= 11 is 3.31. The summed E-state index contributed by atoms with van der Waals surface area (Å²) in [6, 6.07) is 21.1. The first-order valence-corrected chi connectivity index (χ1v) is 9.09. The molecule has 0 spiro atoms. The average Bonchev–Trinajstić information content (AvgIpc) is 2.72. The lowest BCUT2D eigenvalue weighted by atomic mass is 10.2. The second-order valence-corrected chi connectivity index (χ2v) is 6.47. The average molecular weight is 428 g/mol. The normalized spacial score (nSPS) is 10.3. The molecule has 3 aromatic rings. The fourth-order valence-electron chi connectivity index (χ4n) is 2.43. The summed E-state index contributed by atoms with van der Waals surface area (Å²) in [6.45, 7) is 0.607. The van der Waals surface area contributed by atoms with Gasteiger partial charge >= 0.3 is 5.97 Å².